The zero-order valence-electron chi connectivity index (χ0n) is 11.8. The number of rotatable bonds is 3. The summed E-state index contributed by atoms with van der Waals surface area (Å²) in [5, 5.41) is 3.97. The highest BCUT2D eigenvalue weighted by Gasteiger charge is 2.25. The minimum atomic E-state index is -0.297. The zero-order valence-corrected chi connectivity index (χ0v) is 11.8. The summed E-state index contributed by atoms with van der Waals surface area (Å²) in [7, 11) is 0. The molecule has 1 fully saturated rings. The van der Waals surface area contributed by atoms with E-state index in [4.69, 9.17) is 4.52 Å². The Bertz CT molecular complexity index is 639. The molecule has 1 amide bonds. The summed E-state index contributed by atoms with van der Waals surface area (Å²) < 4.78 is 18.1. The maximum atomic E-state index is 12.9. The predicted molar refractivity (Wildman–Crippen MR) is 73.8 cm³/mol. The first-order valence-corrected chi connectivity index (χ1v) is 6.96. The number of benzene rings is 1. The second kappa shape index (κ2) is 5.63. The fraction of sp³-hybridized carbons (Fsp3) is 0.400. The molecule has 6 heteroatoms. The van der Waals surface area contributed by atoms with Gasteiger partial charge in [-0.25, -0.2) is 4.39 Å². The standard InChI is InChI=1S/C15H16FN3O2/c1-10(20)19-7-6-11(9-19)8-14-17-15(21-18-14)12-2-4-13(16)5-3-12/h2-5,11H,6-9H2,1H3. The smallest absolute Gasteiger partial charge is 0.257 e. The van der Waals surface area contributed by atoms with Gasteiger partial charge in [0.05, 0.1) is 0 Å². The summed E-state index contributed by atoms with van der Waals surface area (Å²) in [6, 6.07) is 5.95. The number of nitrogens with zero attached hydrogens (tertiary/aromatic N) is 3. The quantitative estimate of drug-likeness (QED) is 0.870. The Labute approximate surface area is 121 Å². The Balaban J connectivity index is 1.66. The lowest BCUT2D eigenvalue weighted by molar-refractivity contribution is -0.127. The molecule has 0 aliphatic carbocycles. The Morgan fingerprint density at radius 3 is 2.86 bits per heavy atom. The fourth-order valence-electron chi connectivity index (χ4n) is 2.59. The Morgan fingerprint density at radius 2 is 2.19 bits per heavy atom. The minimum Gasteiger partial charge on any atom is -0.343 e. The SMILES string of the molecule is CC(=O)N1CCC(Cc2noc(-c3ccc(F)cc3)n2)C1. The molecule has 1 aromatic carbocycles. The zero-order chi connectivity index (χ0) is 14.8. The Hall–Kier alpha value is -2.24. The van der Waals surface area contributed by atoms with Crippen molar-refractivity contribution in [3.8, 4) is 11.5 Å². The van der Waals surface area contributed by atoms with Crippen molar-refractivity contribution in [1.82, 2.24) is 15.0 Å². The fourth-order valence-corrected chi connectivity index (χ4v) is 2.59. The first kappa shape index (κ1) is 13.7. The molecule has 0 saturated carbocycles. The van der Waals surface area contributed by atoms with E-state index in [0.29, 0.717) is 29.6 Å². The van der Waals surface area contributed by atoms with E-state index >= 15 is 0 Å². The number of aromatic nitrogens is 2. The summed E-state index contributed by atoms with van der Waals surface area (Å²) in [6.45, 7) is 3.13. The van der Waals surface area contributed by atoms with Gasteiger partial charge in [0, 0.05) is 32.0 Å². The van der Waals surface area contributed by atoms with E-state index < -0.39 is 0 Å². The highest BCUT2D eigenvalue weighted by Crippen LogP contribution is 2.22. The largest absolute Gasteiger partial charge is 0.343 e. The first-order chi connectivity index (χ1) is 10.1. The van der Waals surface area contributed by atoms with E-state index in [0.717, 1.165) is 19.5 Å². The number of likely N-dealkylation sites (tertiary alicyclic amines) is 1. The van der Waals surface area contributed by atoms with E-state index in [-0.39, 0.29) is 11.7 Å². The van der Waals surface area contributed by atoms with Crippen LogP contribution in [0, 0.1) is 11.7 Å². The molecule has 2 heterocycles. The van der Waals surface area contributed by atoms with Gasteiger partial charge in [0.15, 0.2) is 5.82 Å². The number of halogens is 1. The molecule has 1 saturated heterocycles. The van der Waals surface area contributed by atoms with Crippen molar-refractivity contribution in [2.75, 3.05) is 13.1 Å². The van der Waals surface area contributed by atoms with Crippen LogP contribution in [-0.2, 0) is 11.2 Å². The molecule has 0 N–H and O–H groups in total. The first-order valence-electron chi connectivity index (χ1n) is 6.96. The summed E-state index contributed by atoms with van der Waals surface area (Å²) in [6.07, 6.45) is 1.65. The maximum Gasteiger partial charge on any atom is 0.257 e. The molecule has 1 unspecified atom stereocenters. The second-order valence-electron chi connectivity index (χ2n) is 5.35. The van der Waals surface area contributed by atoms with Gasteiger partial charge < -0.3 is 9.42 Å². The second-order valence-corrected chi connectivity index (χ2v) is 5.35. The van der Waals surface area contributed by atoms with E-state index in [1.807, 2.05) is 4.90 Å². The molecule has 1 atom stereocenters. The van der Waals surface area contributed by atoms with Gasteiger partial charge >= 0.3 is 0 Å². The van der Waals surface area contributed by atoms with Gasteiger partial charge in [-0.05, 0) is 36.6 Å². The third-order valence-corrected chi connectivity index (χ3v) is 3.76. The molecule has 2 aromatic rings. The highest BCUT2D eigenvalue weighted by atomic mass is 19.1. The number of amides is 1. The molecular formula is C15H16FN3O2. The van der Waals surface area contributed by atoms with Crippen LogP contribution >= 0.6 is 0 Å². The number of carbonyl (C=O) groups excluding carboxylic acids is 1. The number of hydrogen-bond donors (Lipinski definition) is 0. The summed E-state index contributed by atoms with van der Waals surface area (Å²) in [5.41, 5.74) is 0.701. The molecular weight excluding hydrogens is 273 g/mol. The van der Waals surface area contributed by atoms with E-state index in [9.17, 15) is 9.18 Å². The van der Waals surface area contributed by atoms with Crippen molar-refractivity contribution in [2.24, 2.45) is 5.92 Å². The van der Waals surface area contributed by atoms with Gasteiger partial charge in [-0.3, -0.25) is 4.79 Å². The average molecular weight is 289 g/mol. The van der Waals surface area contributed by atoms with Gasteiger partial charge in [0.2, 0.25) is 5.91 Å². The van der Waals surface area contributed by atoms with Crippen molar-refractivity contribution in [2.45, 2.75) is 19.8 Å². The van der Waals surface area contributed by atoms with Gasteiger partial charge in [0.25, 0.3) is 5.89 Å². The molecule has 0 radical (unpaired) electrons. The molecule has 3 rings (SSSR count). The third-order valence-electron chi connectivity index (χ3n) is 3.76. The minimum absolute atomic E-state index is 0.109. The maximum absolute atomic E-state index is 12.9. The van der Waals surface area contributed by atoms with Crippen LogP contribution in [0.1, 0.15) is 19.2 Å². The molecule has 1 aromatic heterocycles. The molecule has 0 bridgehead atoms. The molecule has 110 valence electrons. The number of hydrogen-bond acceptors (Lipinski definition) is 4. The van der Waals surface area contributed by atoms with Gasteiger partial charge in [0.1, 0.15) is 5.82 Å². The van der Waals surface area contributed by atoms with Crippen LogP contribution in [0.15, 0.2) is 28.8 Å². The summed E-state index contributed by atoms with van der Waals surface area (Å²) in [5.74, 6) is 1.20. The van der Waals surface area contributed by atoms with Crippen molar-refractivity contribution in [3.63, 3.8) is 0 Å². The van der Waals surface area contributed by atoms with Crippen LogP contribution in [0.25, 0.3) is 11.5 Å². The van der Waals surface area contributed by atoms with Crippen molar-refractivity contribution in [3.05, 3.63) is 35.9 Å². The van der Waals surface area contributed by atoms with E-state index in [2.05, 4.69) is 10.1 Å². The van der Waals surface area contributed by atoms with Crippen LogP contribution in [0.4, 0.5) is 4.39 Å². The Kier molecular flexibility index (Phi) is 3.68. The van der Waals surface area contributed by atoms with Crippen LogP contribution in [0.2, 0.25) is 0 Å². The molecule has 1 aliphatic rings. The lowest BCUT2D eigenvalue weighted by Crippen LogP contribution is -2.26. The monoisotopic (exact) mass is 289 g/mol. The molecule has 0 spiro atoms. The van der Waals surface area contributed by atoms with E-state index in [1.54, 1.807) is 19.1 Å². The lowest BCUT2D eigenvalue weighted by Gasteiger charge is -2.12. The highest BCUT2D eigenvalue weighted by molar-refractivity contribution is 5.73. The molecule has 5 nitrogen and oxygen atoms in total. The van der Waals surface area contributed by atoms with Crippen molar-refractivity contribution >= 4 is 5.91 Å². The van der Waals surface area contributed by atoms with Crippen LogP contribution in [0.3, 0.4) is 0 Å². The third kappa shape index (κ3) is 3.09. The van der Waals surface area contributed by atoms with Crippen LogP contribution in [-0.4, -0.2) is 34.0 Å². The van der Waals surface area contributed by atoms with Crippen LogP contribution < -0.4 is 0 Å². The predicted octanol–water partition coefficient (Wildman–Crippen LogP) is 2.29. The van der Waals surface area contributed by atoms with Crippen molar-refractivity contribution < 1.29 is 13.7 Å². The molecule has 1 aliphatic heterocycles. The number of carbonyl (C=O) groups is 1. The van der Waals surface area contributed by atoms with E-state index in [1.165, 1.54) is 12.1 Å². The van der Waals surface area contributed by atoms with Gasteiger partial charge in [-0.2, -0.15) is 4.98 Å². The average Bonchev–Trinajstić information content (AvgIpc) is 3.10. The van der Waals surface area contributed by atoms with Gasteiger partial charge in [-0.15, -0.1) is 0 Å². The van der Waals surface area contributed by atoms with Gasteiger partial charge in [-0.1, -0.05) is 5.16 Å². The topological polar surface area (TPSA) is 59.2 Å². The summed E-state index contributed by atoms with van der Waals surface area (Å²) >= 11 is 0. The lowest BCUT2D eigenvalue weighted by atomic mass is 10.1. The molecule has 21 heavy (non-hydrogen) atoms. The normalized spacial score (nSPS) is 18.2. The van der Waals surface area contributed by atoms with Crippen molar-refractivity contribution in [1.29, 1.82) is 0 Å². The van der Waals surface area contributed by atoms with Crippen LogP contribution in [0.5, 0.6) is 0 Å². The Morgan fingerprint density at radius 1 is 1.43 bits per heavy atom. The summed E-state index contributed by atoms with van der Waals surface area (Å²) in [4.78, 5) is 17.5.